The highest BCUT2D eigenvalue weighted by Crippen LogP contribution is 2.08. The Morgan fingerprint density at radius 2 is 2.00 bits per heavy atom. The molecule has 0 aromatic heterocycles. The summed E-state index contributed by atoms with van der Waals surface area (Å²) >= 11 is 0. The second kappa shape index (κ2) is 7.20. The van der Waals surface area contributed by atoms with Crippen molar-refractivity contribution in [1.29, 1.82) is 0 Å². The number of carboxylic acid groups (broad SMARTS) is 1. The van der Waals surface area contributed by atoms with E-state index in [-0.39, 0.29) is 12.1 Å². The maximum absolute atomic E-state index is 11.7. The van der Waals surface area contributed by atoms with E-state index in [2.05, 4.69) is 22.6 Å². The number of nitrogens with zero attached hydrogens (tertiary/aromatic N) is 1. The number of rotatable bonds is 5. The molecule has 0 spiro atoms. The summed E-state index contributed by atoms with van der Waals surface area (Å²) in [6, 6.07) is -1.01. The van der Waals surface area contributed by atoms with E-state index in [1.54, 1.807) is 0 Å². The lowest BCUT2D eigenvalue weighted by atomic mass is 10.1. The van der Waals surface area contributed by atoms with Gasteiger partial charge in [0.05, 0.1) is 0 Å². The maximum atomic E-state index is 11.7. The van der Waals surface area contributed by atoms with E-state index in [1.165, 1.54) is 0 Å². The number of amides is 2. The summed E-state index contributed by atoms with van der Waals surface area (Å²) in [5.41, 5.74) is 0. The molecule has 1 saturated heterocycles. The fourth-order valence-electron chi connectivity index (χ4n) is 2.08. The van der Waals surface area contributed by atoms with Gasteiger partial charge in [-0.15, -0.1) is 0 Å². The average Bonchev–Trinajstić information content (AvgIpc) is 2.31. The van der Waals surface area contributed by atoms with Crippen molar-refractivity contribution in [3.8, 4) is 0 Å². The lowest BCUT2D eigenvalue weighted by Gasteiger charge is -2.29. The number of urea groups is 1. The summed E-state index contributed by atoms with van der Waals surface area (Å²) in [5.74, 6) is -0.977. The zero-order chi connectivity index (χ0) is 13.5. The van der Waals surface area contributed by atoms with E-state index in [4.69, 9.17) is 5.11 Å². The Balaban J connectivity index is 2.33. The molecule has 104 valence electrons. The summed E-state index contributed by atoms with van der Waals surface area (Å²) in [7, 11) is 2.05. The Labute approximate surface area is 108 Å². The third-order valence-electron chi connectivity index (χ3n) is 3.23. The molecule has 1 aliphatic rings. The molecule has 0 radical (unpaired) electrons. The molecule has 1 rings (SSSR count). The number of aliphatic carboxylic acids is 1. The first-order valence-corrected chi connectivity index (χ1v) is 6.51. The van der Waals surface area contributed by atoms with Gasteiger partial charge in [0.2, 0.25) is 0 Å². The van der Waals surface area contributed by atoms with Crippen molar-refractivity contribution in [1.82, 2.24) is 15.5 Å². The Kier molecular flexibility index (Phi) is 5.91. The second-order valence-corrected chi connectivity index (χ2v) is 4.87. The highest BCUT2D eigenvalue weighted by atomic mass is 16.4. The normalized spacial score (nSPS) is 19.2. The molecule has 1 unspecified atom stereocenters. The molecule has 0 bridgehead atoms. The van der Waals surface area contributed by atoms with Gasteiger partial charge in [0, 0.05) is 6.04 Å². The van der Waals surface area contributed by atoms with Crippen molar-refractivity contribution in [2.45, 2.75) is 44.7 Å². The zero-order valence-electron chi connectivity index (χ0n) is 11.1. The van der Waals surface area contributed by atoms with Crippen molar-refractivity contribution < 1.29 is 14.7 Å². The molecule has 18 heavy (non-hydrogen) atoms. The largest absolute Gasteiger partial charge is 0.480 e. The van der Waals surface area contributed by atoms with Crippen molar-refractivity contribution in [2.75, 3.05) is 20.1 Å². The summed E-state index contributed by atoms with van der Waals surface area (Å²) < 4.78 is 0. The number of hydrogen-bond donors (Lipinski definition) is 3. The van der Waals surface area contributed by atoms with Crippen LogP contribution in [0.3, 0.4) is 0 Å². The number of carbonyl (C=O) groups excluding carboxylic acids is 1. The van der Waals surface area contributed by atoms with Gasteiger partial charge in [-0.05, 0) is 39.4 Å². The highest BCUT2D eigenvalue weighted by Gasteiger charge is 2.22. The first-order valence-electron chi connectivity index (χ1n) is 6.51. The standard InChI is InChI=1S/C12H23N3O3/c1-3-4-10(11(16)17)14-12(18)13-9-5-7-15(2)8-6-9/h9-10H,3-8H2,1-2H3,(H,16,17)(H2,13,14,18). The first kappa shape index (κ1) is 14.8. The molecule has 2 amide bonds. The van der Waals surface area contributed by atoms with Gasteiger partial charge in [0.25, 0.3) is 0 Å². The minimum absolute atomic E-state index is 0.150. The average molecular weight is 257 g/mol. The fourth-order valence-corrected chi connectivity index (χ4v) is 2.08. The first-order chi connectivity index (χ1) is 8.52. The number of likely N-dealkylation sites (tertiary alicyclic amines) is 1. The van der Waals surface area contributed by atoms with E-state index in [9.17, 15) is 9.59 Å². The Bertz CT molecular complexity index is 288. The molecule has 6 heteroatoms. The minimum Gasteiger partial charge on any atom is -0.480 e. The third kappa shape index (κ3) is 4.91. The van der Waals surface area contributed by atoms with Crippen LogP contribution in [-0.2, 0) is 4.79 Å². The van der Waals surface area contributed by atoms with E-state index >= 15 is 0 Å². The zero-order valence-corrected chi connectivity index (χ0v) is 11.1. The molecule has 0 saturated carbocycles. The monoisotopic (exact) mass is 257 g/mol. The summed E-state index contributed by atoms with van der Waals surface area (Å²) in [6.07, 6.45) is 3.01. The quantitative estimate of drug-likeness (QED) is 0.675. The van der Waals surface area contributed by atoms with Gasteiger partial charge >= 0.3 is 12.0 Å². The van der Waals surface area contributed by atoms with Crippen LogP contribution in [0.4, 0.5) is 4.79 Å². The molecule has 1 heterocycles. The molecular formula is C12H23N3O3. The van der Waals surface area contributed by atoms with Crippen LogP contribution in [0.25, 0.3) is 0 Å². The predicted molar refractivity (Wildman–Crippen MR) is 68.5 cm³/mol. The Hall–Kier alpha value is -1.30. The van der Waals surface area contributed by atoms with E-state index in [0.29, 0.717) is 6.42 Å². The molecule has 6 nitrogen and oxygen atoms in total. The van der Waals surface area contributed by atoms with Crippen LogP contribution in [0, 0.1) is 0 Å². The predicted octanol–water partition coefficient (Wildman–Crippen LogP) is 0.633. The SMILES string of the molecule is CCCC(NC(=O)NC1CCN(C)CC1)C(=O)O. The van der Waals surface area contributed by atoms with E-state index in [0.717, 1.165) is 32.4 Å². The van der Waals surface area contributed by atoms with Gasteiger partial charge in [-0.25, -0.2) is 9.59 Å². The molecule has 3 N–H and O–H groups in total. The van der Waals surface area contributed by atoms with Gasteiger partial charge in [0.15, 0.2) is 0 Å². The van der Waals surface area contributed by atoms with Crippen molar-refractivity contribution in [2.24, 2.45) is 0 Å². The lowest BCUT2D eigenvalue weighted by molar-refractivity contribution is -0.139. The Morgan fingerprint density at radius 1 is 1.39 bits per heavy atom. The van der Waals surface area contributed by atoms with E-state index in [1.807, 2.05) is 6.92 Å². The molecule has 0 aliphatic carbocycles. The summed E-state index contributed by atoms with van der Waals surface area (Å²) in [5, 5.41) is 14.3. The lowest BCUT2D eigenvalue weighted by Crippen LogP contribution is -2.51. The van der Waals surface area contributed by atoms with Crippen LogP contribution in [-0.4, -0.2) is 54.2 Å². The van der Waals surface area contributed by atoms with E-state index < -0.39 is 12.0 Å². The van der Waals surface area contributed by atoms with Crippen LogP contribution < -0.4 is 10.6 Å². The van der Waals surface area contributed by atoms with Gasteiger partial charge < -0.3 is 20.6 Å². The molecule has 1 fully saturated rings. The van der Waals surface area contributed by atoms with Crippen molar-refractivity contribution in [3.63, 3.8) is 0 Å². The maximum Gasteiger partial charge on any atom is 0.326 e. The van der Waals surface area contributed by atoms with Crippen LogP contribution in [0.5, 0.6) is 0 Å². The number of carbonyl (C=O) groups is 2. The van der Waals surface area contributed by atoms with Crippen LogP contribution >= 0.6 is 0 Å². The number of piperidine rings is 1. The summed E-state index contributed by atoms with van der Waals surface area (Å²) in [4.78, 5) is 24.8. The molecular weight excluding hydrogens is 234 g/mol. The summed E-state index contributed by atoms with van der Waals surface area (Å²) in [6.45, 7) is 3.82. The van der Waals surface area contributed by atoms with Crippen LogP contribution in [0.1, 0.15) is 32.6 Å². The molecule has 0 aromatic rings. The topological polar surface area (TPSA) is 81.7 Å². The number of carboxylic acids is 1. The van der Waals surface area contributed by atoms with Gasteiger partial charge in [-0.3, -0.25) is 0 Å². The Morgan fingerprint density at radius 3 is 2.50 bits per heavy atom. The number of hydrogen-bond acceptors (Lipinski definition) is 3. The second-order valence-electron chi connectivity index (χ2n) is 4.87. The minimum atomic E-state index is -0.977. The van der Waals surface area contributed by atoms with Gasteiger partial charge in [0.1, 0.15) is 6.04 Å². The molecule has 1 atom stereocenters. The number of nitrogens with one attached hydrogen (secondary N) is 2. The molecule has 0 aromatic carbocycles. The third-order valence-corrected chi connectivity index (χ3v) is 3.23. The van der Waals surface area contributed by atoms with Gasteiger partial charge in [-0.2, -0.15) is 0 Å². The highest BCUT2D eigenvalue weighted by molar-refractivity contribution is 5.82. The van der Waals surface area contributed by atoms with Crippen molar-refractivity contribution in [3.05, 3.63) is 0 Å². The molecule has 1 aliphatic heterocycles. The van der Waals surface area contributed by atoms with Crippen molar-refractivity contribution >= 4 is 12.0 Å². The van der Waals surface area contributed by atoms with Gasteiger partial charge in [-0.1, -0.05) is 13.3 Å². The van der Waals surface area contributed by atoms with Crippen LogP contribution in [0.15, 0.2) is 0 Å². The van der Waals surface area contributed by atoms with Crippen LogP contribution in [0.2, 0.25) is 0 Å². The smallest absolute Gasteiger partial charge is 0.326 e. The fraction of sp³-hybridized carbons (Fsp3) is 0.833.